The summed E-state index contributed by atoms with van der Waals surface area (Å²) in [4.78, 5) is 23.6. The molecule has 5 nitrogen and oxygen atoms in total. The van der Waals surface area contributed by atoms with Gasteiger partial charge in [-0.15, -0.1) is 0 Å². The van der Waals surface area contributed by atoms with Gasteiger partial charge in [0.2, 0.25) is 5.91 Å². The maximum absolute atomic E-state index is 11.9. The minimum atomic E-state index is -0.323. The van der Waals surface area contributed by atoms with E-state index >= 15 is 0 Å². The molecule has 5 heteroatoms. The molecular weight excluding hydrogens is 386 g/mol. The fourth-order valence-corrected chi connectivity index (χ4v) is 3.31. The van der Waals surface area contributed by atoms with Crippen LogP contribution >= 0.6 is 0 Å². The van der Waals surface area contributed by atoms with E-state index in [9.17, 15) is 9.59 Å². The molecule has 0 aliphatic rings. The van der Waals surface area contributed by atoms with Crippen molar-refractivity contribution in [2.45, 2.75) is 90.9 Å². The highest BCUT2D eigenvalue weighted by atomic mass is 16.2. The molecule has 0 radical (unpaired) electrons. The van der Waals surface area contributed by atoms with Gasteiger partial charge in [-0.05, 0) is 24.5 Å². The molecule has 0 aromatic heterocycles. The van der Waals surface area contributed by atoms with Crippen LogP contribution in [0.4, 0.5) is 0 Å². The Balaban J connectivity index is 2.00. The Labute approximate surface area is 188 Å². The van der Waals surface area contributed by atoms with E-state index in [4.69, 9.17) is 0 Å². The lowest BCUT2D eigenvalue weighted by Crippen LogP contribution is -2.34. The number of carbonyl (C=O) groups is 2. The monoisotopic (exact) mass is 427 g/mol. The molecule has 0 bridgehead atoms. The molecule has 1 aromatic carbocycles. The van der Waals surface area contributed by atoms with Gasteiger partial charge in [0.05, 0.1) is 12.8 Å². The highest BCUT2D eigenvalue weighted by Crippen LogP contribution is 2.11. The number of benzene rings is 1. The molecule has 0 heterocycles. The Morgan fingerprint density at radius 2 is 1.42 bits per heavy atom. The van der Waals surface area contributed by atoms with Gasteiger partial charge in [-0.25, -0.2) is 5.43 Å². The zero-order valence-electron chi connectivity index (χ0n) is 19.5. The minimum Gasteiger partial charge on any atom is -0.347 e. The van der Waals surface area contributed by atoms with Crippen molar-refractivity contribution in [2.75, 3.05) is 6.54 Å². The molecule has 0 atom stereocenters. The van der Waals surface area contributed by atoms with Crippen molar-refractivity contribution in [3.8, 4) is 0 Å². The summed E-state index contributed by atoms with van der Waals surface area (Å²) in [7, 11) is 0. The molecule has 2 amide bonds. The van der Waals surface area contributed by atoms with E-state index in [1.54, 1.807) is 6.21 Å². The van der Waals surface area contributed by atoms with E-state index in [0.717, 1.165) is 24.0 Å². The predicted octanol–water partition coefficient (Wildman–Crippen LogP) is 6.01. The van der Waals surface area contributed by atoms with Crippen molar-refractivity contribution >= 4 is 24.1 Å². The maximum atomic E-state index is 11.9. The molecule has 31 heavy (non-hydrogen) atoms. The Morgan fingerprint density at radius 1 is 0.839 bits per heavy atom. The number of hydrogen-bond donors (Lipinski definition) is 2. The van der Waals surface area contributed by atoms with E-state index in [1.807, 2.05) is 43.3 Å². The molecule has 1 aromatic rings. The Kier molecular flexibility index (Phi) is 15.7. The van der Waals surface area contributed by atoms with Gasteiger partial charge in [0.25, 0.3) is 5.91 Å². The van der Waals surface area contributed by atoms with Gasteiger partial charge in [-0.1, -0.05) is 108 Å². The van der Waals surface area contributed by atoms with Gasteiger partial charge in [0.15, 0.2) is 0 Å². The van der Waals surface area contributed by atoms with E-state index in [2.05, 4.69) is 22.8 Å². The Morgan fingerprint density at radius 3 is 2.03 bits per heavy atom. The second-order valence-electron chi connectivity index (χ2n) is 8.15. The molecule has 0 aliphatic heterocycles. The van der Waals surface area contributed by atoms with Crippen LogP contribution in [-0.2, 0) is 9.59 Å². The lowest BCUT2D eigenvalue weighted by atomic mass is 10.1. The average Bonchev–Trinajstić information content (AvgIpc) is 2.76. The number of nitrogens with one attached hydrogen (secondary N) is 2. The first-order chi connectivity index (χ1) is 15.1. The second-order valence-corrected chi connectivity index (χ2v) is 8.15. The topological polar surface area (TPSA) is 70.6 Å². The first-order valence-corrected chi connectivity index (χ1v) is 11.9. The normalized spacial score (nSPS) is 11.6. The lowest BCUT2D eigenvalue weighted by Gasteiger charge is -2.05. The van der Waals surface area contributed by atoms with E-state index in [-0.39, 0.29) is 18.4 Å². The third-order valence-corrected chi connectivity index (χ3v) is 5.10. The summed E-state index contributed by atoms with van der Waals surface area (Å²) in [6, 6.07) is 9.91. The number of allylic oxidation sites excluding steroid dienone is 1. The van der Waals surface area contributed by atoms with Crippen molar-refractivity contribution in [2.24, 2.45) is 5.10 Å². The second kappa shape index (κ2) is 18.3. The van der Waals surface area contributed by atoms with Gasteiger partial charge in [0.1, 0.15) is 0 Å². The molecule has 1 rings (SSSR count). The summed E-state index contributed by atoms with van der Waals surface area (Å²) in [5.41, 5.74) is 4.44. The zero-order valence-corrected chi connectivity index (χ0v) is 19.5. The summed E-state index contributed by atoms with van der Waals surface area (Å²) < 4.78 is 0. The van der Waals surface area contributed by atoms with Crippen LogP contribution in [-0.4, -0.2) is 24.6 Å². The first kappa shape index (κ1) is 26.6. The highest BCUT2D eigenvalue weighted by Gasteiger charge is 2.04. The van der Waals surface area contributed by atoms with E-state index in [0.29, 0.717) is 6.42 Å². The van der Waals surface area contributed by atoms with Crippen molar-refractivity contribution < 1.29 is 9.59 Å². The number of amides is 2. The summed E-state index contributed by atoms with van der Waals surface area (Å²) in [6.45, 7) is 4.12. The van der Waals surface area contributed by atoms with Crippen molar-refractivity contribution in [3.05, 3.63) is 41.5 Å². The third kappa shape index (κ3) is 16.0. The number of hydrazone groups is 1. The molecule has 0 spiro atoms. The Bertz CT molecular complexity index is 668. The largest absolute Gasteiger partial charge is 0.347 e. The highest BCUT2D eigenvalue weighted by molar-refractivity contribution is 5.87. The first-order valence-electron chi connectivity index (χ1n) is 11.9. The summed E-state index contributed by atoms with van der Waals surface area (Å²) in [5.74, 6) is -0.397. The fourth-order valence-electron chi connectivity index (χ4n) is 3.31. The molecule has 2 N–H and O–H groups in total. The molecule has 0 aliphatic carbocycles. The molecule has 172 valence electrons. The predicted molar refractivity (Wildman–Crippen MR) is 131 cm³/mol. The maximum Gasteiger partial charge on any atom is 0.259 e. The Hall–Kier alpha value is -2.43. The summed E-state index contributed by atoms with van der Waals surface area (Å²) in [6.07, 6.45) is 17.9. The van der Waals surface area contributed by atoms with Crippen molar-refractivity contribution in [1.29, 1.82) is 0 Å². The van der Waals surface area contributed by atoms with Crippen LogP contribution in [0.5, 0.6) is 0 Å². The molecule has 0 unspecified atom stereocenters. The van der Waals surface area contributed by atoms with Crippen LogP contribution in [0.3, 0.4) is 0 Å². The van der Waals surface area contributed by atoms with Gasteiger partial charge >= 0.3 is 0 Å². The number of unbranched alkanes of at least 4 members (excludes halogenated alkanes) is 10. The number of nitrogens with zero attached hydrogens (tertiary/aromatic N) is 1. The molecule has 0 saturated heterocycles. The van der Waals surface area contributed by atoms with Gasteiger partial charge in [-0.3, -0.25) is 9.59 Å². The van der Waals surface area contributed by atoms with E-state index < -0.39 is 0 Å². The average molecular weight is 428 g/mol. The van der Waals surface area contributed by atoms with Gasteiger partial charge in [-0.2, -0.15) is 5.10 Å². The van der Waals surface area contributed by atoms with Crippen LogP contribution in [0.25, 0.3) is 6.08 Å². The quantitative estimate of drug-likeness (QED) is 0.182. The van der Waals surface area contributed by atoms with Gasteiger partial charge < -0.3 is 5.32 Å². The number of rotatable bonds is 17. The van der Waals surface area contributed by atoms with Crippen molar-refractivity contribution in [3.63, 3.8) is 0 Å². The molecule has 0 saturated carbocycles. The van der Waals surface area contributed by atoms with E-state index in [1.165, 1.54) is 57.8 Å². The summed E-state index contributed by atoms with van der Waals surface area (Å²) in [5, 5.41) is 6.59. The number of hydrogen-bond acceptors (Lipinski definition) is 3. The molecule has 0 fully saturated rings. The van der Waals surface area contributed by atoms with Crippen LogP contribution < -0.4 is 10.7 Å². The third-order valence-electron chi connectivity index (χ3n) is 5.10. The molecular formula is C26H41N3O2. The van der Waals surface area contributed by atoms with Gasteiger partial charge in [0, 0.05) is 6.42 Å². The van der Waals surface area contributed by atoms with Crippen LogP contribution in [0.2, 0.25) is 0 Å². The minimum absolute atomic E-state index is 0.0460. The standard InChI is InChI=1S/C26H41N3O2/c1-3-4-5-6-7-8-9-10-11-12-16-19-25(30)27-22-26(31)29-28-21-23(2)20-24-17-14-13-15-18-24/h13-15,17-18,20-21H,3-12,16,19,22H2,1-2H3,(H,27,30)(H,29,31). The lowest BCUT2D eigenvalue weighted by molar-refractivity contribution is -0.126. The zero-order chi connectivity index (χ0) is 22.6. The number of carbonyl (C=O) groups excluding carboxylic acids is 2. The SMILES string of the molecule is CCCCCCCCCCCCCC(=O)NCC(=O)NN=CC(C)=Cc1ccccc1. The smallest absolute Gasteiger partial charge is 0.259 e. The van der Waals surface area contributed by atoms with Crippen LogP contribution in [0, 0.1) is 0 Å². The summed E-state index contributed by atoms with van der Waals surface area (Å²) >= 11 is 0. The fraction of sp³-hybridized carbons (Fsp3) is 0.577. The van der Waals surface area contributed by atoms with Crippen LogP contribution in [0.15, 0.2) is 41.0 Å². The van der Waals surface area contributed by atoms with Crippen molar-refractivity contribution in [1.82, 2.24) is 10.7 Å². The van der Waals surface area contributed by atoms with Crippen LogP contribution in [0.1, 0.15) is 96.5 Å².